The summed E-state index contributed by atoms with van der Waals surface area (Å²) in [5.41, 5.74) is 0. The molecule has 0 aliphatic heterocycles. The van der Waals surface area contributed by atoms with Crippen molar-refractivity contribution >= 4 is 23.9 Å². The van der Waals surface area contributed by atoms with E-state index in [1.54, 1.807) is 0 Å². The molecular weight excluding hydrogens is 284 g/mol. The third-order valence-corrected chi connectivity index (χ3v) is 1.78. The summed E-state index contributed by atoms with van der Waals surface area (Å²) >= 11 is 0. The molecule has 0 aromatic rings. The van der Waals surface area contributed by atoms with Gasteiger partial charge in [0, 0.05) is 26.0 Å². The van der Waals surface area contributed by atoms with Gasteiger partial charge in [-0.25, -0.2) is 9.59 Å². The predicted octanol–water partition coefficient (Wildman–Crippen LogP) is 0.613. The van der Waals surface area contributed by atoms with Crippen LogP contribution in [0.2, 0.25) is 0 Å². The summed E-state index contributed by atoms with van der Waals surface area (Å²) in [7, 11) is 0. The molecule has 0 aliphatic carbocycles. The molecule has 8 heteroatoms. The van der Waals surface area contributed by atoms with E-state index in [4.69, 9.17) is 0 Å². The largest absolute Gasteiger partial charge is 0.425 e. The van der Waals surface area contributed by atoms with Crippen molar-refractivity contribution < 1.29 is 38.1 Å². The van der Waals surface area contributed by atoms with Crippen molar-refractivity contribution in [2.75, 3.05) is 0 Å². The van der Waals surface area contributed by atoms with Gasteiger partial charge in [-0.05, 0) is 0 Å². The van der Waals surface area contributed by atoms with Crippen LogP contribution in [0.3, 0.4) is 0 Å². The molecule has 21 heavy (non-hydrogen) atoms. The Morgan fingerprint density at radius 2 is 1.14 bits per heavy atom. The Hall–Kier alpha value is -2.64. The van der Waals surface area contributed by atoms with Gasteiger partial charge in [0.05, 0.1) is 0 Å². The van der Waals surface area contributed by atoms with Crippen LogP contribution in [0.1, 0.15) is 20.3 Å². The molecule has 8 nitrogen and oxygen atoms in total. The molecule has 0 N–H and O–H groups in total. The Labute approximate surface area is 121 Å². The third kappa shape index (κ3) is 8.98. The van der Waals surface area contributed by atoms with Crippen LogP contribution < -0.4 is 0 Å². The molecule has 0 spiro atoms. The topological polar surface area (TPSA) is 105 Å². The van der Waals surface area contributed by atoms with Crippen LogP contribution in [0.5, 0.6) is 0 Å². The Bertz CT molecular complexity index is 399. The molecule has 116 valence electrons. The molecule has 0 saturated heterocycles. The molecule has 0 saturated carbocycles. The van der Waals surface area contributed by atoms with E-state index in [-0.39, 0.29) is 0 Å². The normalized spacial score (nSPS) is 12.3. The molecule has 0 rings (SSSR count). The monoisotopic (exact) mass is 300 g/mol. The Morgan fingerprint density at radius 3 is 1.43 bits per heavy atom. The van der Waals surface area contributed by atoms with Crippen LogP contribution in [0.15, 0.2) is 25.3 Å². The van der Waals surface area contributed by atoms with Gasteiger partial charge in [-0.3, -0.25) is 9.59 Å². The second-order valence-corrected chi connectivity index (χ2v) is 3.57. The lowest BCUT2D eigenvalue weighted by Crippen LogP contribution is -2.25. The predicted molar refractivity (Wildman–Crippen MR) is 68.3 cm³/mol. The molecule has 0 aromatic carbocycles. The van der Waals surface area contributed by atoms with Crippen LogP contribution in [-0.2, 0) is 38.1 Å². The van der Waals surface area contributed by atoms with Crippen molar-refractivity contribution in [3.63, 3.8) is 0 Å². The first-order valence-corrected chi connectivity index (χ1v) is 5.83. The van der Waals surface area contributed by atoms with Gasteiger partial charge in [0.15, 0.2) is 0 Å². The fourth-order valence-electron chi connectivity index (χ4n) is 1.04. The lowest BCUT2D eigenvalue weighted by atomic mass is 10.4. The van der Waals surface area contributed by atoms with E-state index in [1.807, 2.05) is 0 Å². The molecule has 0 aromatic heterocycles. The SMILES string of the molecule is C=CC(=O)OC(C)OC(=O)CC(=O)OC(C)OC(=O)C=C. The Morgan fingerprint density at radius 1 is 0.810 bits per heavy atom. The van der Waals surface area contributed by atoms with Crippen LogP contribution in [0.25, 0.3) is 0 Å². The fourth-order valence-corrected chi connectivity index (χ4v) is 1.04. The summed E-state index contributed by atoms with van der Waals surface area (Å²) in [6, 6.07) is 0. The van der Waals surface area contributed by atoms with E-state index >= 15 is 0 Å². The van der Waals surface area contributed by atoms with E-state index in [9.17, 15) is 19.2 Å². The van der Waals surface area contributed by atoms with Crippen molar-refractivity contribution in [3.05, 3.63) is 25.3 Å². The van der Waals surface area contributed by atoms with E-state index in [0.717, 1.165) is 12.2 Å². The molecule has 0 amide bonds. The zero-order valence-electron chi connectivity index (χ0n) is 11.7. The number of rotatable bonds is 8. The van der Waals surface area contributed by atoms with Gasteiger partial charge in [0.25, 0.3) is 0 Å². The fraction of sp³-hybridized carbons (Fsp3) is 0.385. The summed E-state index contributed by atoms with van der Waals surface area (Å²) in [6.07, 6.45) is -1.28. The first-order valence-electron chi connectivity index (χ1n) is 5.83. The first-order chi connectivity index (χ1) is 9.78. The minimum absolute atomic E-state index is 0.730. The molecule has 0 fully saturated rings. The zero-order chi connectivity index (χ0) is 16.4. The maximum Gasteiger partial charge on any atom is 0.333 e. The lowest BCUT2D eigenvalue weighted by Gasteiger charge is -2.14. The highest BCUT2D eigenvalue weighted by Gasteiger charge is 2.19. The number of esters is 4. The molecule has 2 atom stereocenters. The highest BCUT2D eigenvalue weighted by Crippen LogP contribution is 2.02. The second kappa shape index (κ2) is 9.29. The second-order valence-electron chi connectivity index (χ2n) is 3.57. The smallest absolute Gasteiger partial charge is 0.333 e. The Balaban J connectivity index is 4.12. The van der Waals surface area contributed by atoms with Crippen molar-refractivity contribution in [3.8, 4) is 0 Å². The van der Waals surface area contributed by atoms with Gasteiger partial charge in [-0.15, -0.1) is 0 Å². The number of hydrogen-bond acceptors (Lipinski definition) is 8. The van der Waals surface area contributed by atoms with Crippen molar-refractivity contribution in [1.29, 1.82) is 0 Å². The summed E-state index contributed by atoms with van der Waals surface area (Å²) < 4.78 is 18.4. The average Bonchev–Trinajstić information content (AvgIpc) is 2.37. The number of carbonyl (C=O) groups excluding carboxylic acids is 4. The minimum atomic E-state index is -1.17. The zero-order valence-corrected chi connectivity index (χ0v) is 11.7. The maximum atomic E-state index is 11.3. The van der Waals surface area contributed by atoms with E-state index in [2.05, 4.69) is 32.1 Å². The van der Waals surface area contributed by atoms with Gasteiger partial charge in [0.2, 0.25) is 12.6 Å². The number of hydrogen-bond donors (Lipinski definition) is 0. The highest BCUT2D eigenvalue weighted by atomic mass is 16.7. The van der Waals surface area contributed by atoms with Crippen LogP contribution in [0, 0.1) is 0 Å². The first kappa shape index (κ1) is 18.4. The molecule has 0 bridgehead atoms. The number of carbonyl (C=O) groups is 4. The van der Waals surface area contributed by atoms with Gasteiger partial charge in [-0.2, -0.15) is 0 Å². The van der Waals surface area contributed by atoms with E-state index in [1.165, 1.54) is 13.8 Å². The van der Waals surface area contributed by atoms with Crippen LogP contribution in [-0.4, -0.2) is 36.5 Å². The third-order valence-electron chi connectivity index (χ3n) is 1.78. The van der Waals surface area contributed by atoms with Gasteiger partial charge >= 0.3 is 23.9 Å². The van der Waals surface area contributed by atoms with Gasteiger partial charge in [-0.1, -0.05) is 13.2 Å². The average molecular weight is 300 g/mol. The lowest BCUT2D eigenvalue weighted by molar-refractivity contribution is -0.187. The quantitative estimate of drug-likeness (QED) is 0.278. The molecule has 0 heterocycles. The highest BCUT2D eigenvalue weighted by molar-refractivity contribution is 5.91. The maximum absolute atomic E-state index is 11.3. The molecular formula is C13H16O8. The molecule has 0 aliphatic rings. The standard InChI is InChI=1S/C13H16O8/c1-5-10(14)18-8(3)20-12(16)7-13(17)21-9(4)19-11(15)6-2/h5-6,8-9H,1-2,7H2,3-4H3. The molecule has 2 unspecified atom stereocenters. The summed E-state index contributed by atoms with van der Waals surface area (Å²) in [6.45, 7) is 8.92. The van der Waals surface area contributed by atoms with Crippen molar-refractivity contribution in [2.24, 2.45) is 0 Å². The van der Waals surface area contributed by atoms with Gasteiger partial charge in [0.1, 0.15) is 6.42 Å². The van der Waals surface area contributed by atoms with Crippen molar-refractivity contribution in [2.45, 2.75) is 32.8 Å². The van der Waals surface area contributed by atoms with Crippen LogP contribution in [0.4, 0.5) is 0 Å². The van der Waals surface area contributed by atoms with Crippen molar-refractivity contribution in [1.82, 2.24) is 0 Å². The summed E-state index contributed by atoms with van der Waals surface area (Å²) in [5.74, 6) is -3.48. The minimum Gasteiger partial charge on any atom is -0.425 e. The Kier molecular flexibility index (Phi) is 8.13. The summed E-state index contributed by atoms with van der Waals surface area (Å²) in [5, 5.41) is 0. The van der Waals surface area contributed by atoms with Gasteiger partial charge < -0.3 is 18.9 Å². The molecule has 0 radical (unpaired) electrons. The number of ether oxygens (including phenoxy) is 4. The van der Waals surface area contributed by atoms with E-state index < -0.39 is 42.9 Å². The summed E-state index contributed by atoms with van der Waals surface area (Å²) in [4.78, 5) is 44.3. The van der Waals surface area contributed by atoms with Crippen LogP contribution >= 0.6 is 0 Å². The van der Waals surface area contributed by atoms with E-state index in [0.29, 0.717) is 0 Å².